The lowest BCUT2D eigenvalue weighted by Crippen LogP contribution is -2.02. The summed E-state index contributed by atoms with van der Waals surface area (Å²) in [5, 5.41) is 10.1. The van der Waals surface area contributed by atoms with Crippen molar-refractivity contribution in [1.82, 2.24) is 9.97 Å². The average Bonchev–Trinajstić information content (AvgIpc) is 2.58. The first-order chi connectivity index (χ1) is 7.38. The van der Waals surface area contributed by atoms with Gasteiger partial charge in [-0.15, -0.1) is 0 Å². The third-order valence-electron chi connectivity index (χ3n) is 2.82. The molecular weight excluding hydrogens is 188 g/mol. The summed E-state index contributed by atoms with van der Waals surface area (Å²) in [7, 11) is 0. The van der Waals surface area contributed by atoms with Crippen LogP contribution in [-0.2, 0) is 0 Å². The van der Waals surface area contributed by atoms with Crippen LogP contribution >= 0.6 is 0 Å². The maximum absolute atomic E-state index is 10.1. The van der Waals surface area contributed by atoms with Crippen molar-refractivity contribution in [1.29, 1.82) is 0 Å². The van der Waals surface area contributed by atoms with E-state index in [9.17, 15) is 5.11 Å². The Balaban J connectivity index is 2.13. The smallest absolute Gasteiger partial charge is 0.115 e. The number of hydrogen-bond donors (Lipinski definition) is 1. The van der Waals surface area contributed by atoms with Gasteiger partial charge >= 0.3 is 0 Å². The van der Waals surface area contributed by atoms with E-state index in [1.54, 1.807) is 12.4 Å². The second-order valence-corrected chi connectivity index (χ2v) is 3.95. The van der Waals surface area contributed by atoms with Gasteiger partial charge in [0, 0.05) is 18.0 Å². The van der Waals surface area contributed by atoms with E-state index in [4.69, 9.17) is 0 Å². The number of allylic oxidation sites excluding steroid dienone is 1. The summed E-state index contributed by atoms with van der Waals surface area (Å²) in [6.45, 7) is 0. The van der Waals surface area contributed by atoms with Gasteiger partial charge in [0.05, 0.1) is 0 Å². The molecule has 1 unspecified atom stereocenters. The monoisotopic (exact) mass is 204 g/mol. The molecule has 1 aromatic heterocycles. The minimum absolute atomic E-state index is 0.510. The molecule has 1 aliphatic rings. The van der Waals surface area contributed by atoms with Crippen molar-refractivity contribution in [3.63, 3.8) is 0 Å². The third-order valence-corrected chi connectivity index (χ3v) is 2.82. The zero-order chi connectivity index (χ0) is 10.5. The summed E-state index contributed by atoms with van der Waals surface area (Å²) in [4.78, 5) is 7.85. The number of hydrogen-bond acceptors (Lipinski definition) is 3. The number of aliphatic hydroxyl groups is 1. The van der Waals surface area contributed by atoms with Crippen molar-refractivity contribution in [3.8, 4) is 0 Å². The van der Waals surface area contributed by atoms with Gasteiger partial charge in [-0.2, -0.15) is 0 Å². The second kappa shape index (κ2) is 5.03. The lowest BCUT2D eigenvalue weighted by Gasteiger charge is -2.13. The van der Waals surface area contributed by atoms with Crippen LogP contribution in [0.25, 0.3) is 0 Å². The molecule has 1 heterocycles. The Morgan fingerprint density at radius 2 is 1.93 bits per heavy atom. The highest BCUT2D eigenvalue weighted by Gasteiger charge is 2.14. The molecule has 0 saturated heterocycles. The zero-order valence-corrected chi connectivity index (χ0v) is 8.76. The molecule has 80 valence electrons. The Kier molecular flexibility index (Phi) is 3.45. The standard InChI is InChI=1S/C12H16N2O/c15-12(11-7-13-9-14-8-11)10-5-3-1-2-4-6-10/h5,7-9,12,15H,1-4,6H2. The minimum atomic E-state index is -0.510. The highest BCUT2D eigenvalue weighted by atomic mass is 16.3. The molecule has 0 radical (unpaired) electrons. The van der Waals surface area contributed by atoms with E-state index in [0.29, 0.717) is 0 Å². The SMILES string of the molecule is OC(C1=CCCCCC1)c1cncnc1. The van der Waals surface area contributed by atoms with E-state index in [-0.39, 0.29) is 0 Å². The normalized spacial score (nSPS) is 19.1. The Morgan fingerprint density at radius 3 is 2.73 bits per heavy atom. The van der Waals surface area contributed by atoms with Crippen LogP contribution in [0.4, 0.5) is 0 Å². The van der Waals surface area contributed by atoms with E-state index >= 15 is 0 Å². The quantitative estimate of drug-likeness (QED) is 0.752. The summed E-state index contributed by atoms with van der Waals surface area (Å²) in [6, 6.07) is 0. The summed E-state index contributed by atoms with van der Waals surface area (Å²) >= 11 is 0. The fourth-order valence-electron chi connectivity index (χ4n) is 1.95. The number of aromatic nitrogens is 2. The van der Waals surface area contributed by atoms with E-state index in [0.717, 1.165) is 24.0 Å². The van der Waals surface area contributed by atoms with Gasteiger partial charge in [0.2, 0.25) is 0 Å². The van der Waals surface area contributed by atoms with Gasteiger partial charge in [-0.1, -0.05) is 12.5 Å². The van der Waals surface area contributed by atoms with Gasteiger partial charge in [-0.05, 0) is 31.3 Å². The predicted molar refractivity (Wildman–Crippen MR) is 58.2 cm³/mol. The lowest BCUT2D eigenvalue weighted by atomic mass is 10.0. The van der Waals surface area contributed by atoms with Gasteiger partial charge in [0.1, 0.15) is 12.4 Å². The largest absolute Gasteiger partial charge is 0.384 e. The van der Waals surface area contributed by atoms with Crippen LogP contribution in [-0.4, -0.2) is 15.1 Å². The number of aliphatic hydroxyl groups excluding tert-OH is 1. The first kappa shape index (κ1) is 10.3. The van der Waals surface area contributed by atoms with Crippen LogP contribution < -0.4 is 0 Å². The molecule has 0 saturated carbocycles. The summed E-state index contributed by atoms with van der Waals surface area (Å²) < 4.78 is 0. The molecular formula is C12H16N2O. The summed E-state index contributed by atoms with van der Waals surface area (Å²) in [5.74, 6) is 0. The fourth-order valence-corrected chi connectivity index (χ4v) is 1.95. The molecule has 0 spiro atoms. The van der Waals surface area contributed by atoms with Crippen molar-refractivity contribution >= 4 is 0 Å². The second-order valence-electron chi connectivity index (χ2n) is 3.95. The molecule has 0 fully saturated rings. The Morgan fingerprint density at radius 1 is 1.13 bits per heavy atom. The molecule has 1 aliphatic carbocycles. The Bertz CT molecular complexity index is 335. The molecule has 0 bridgehead atoms. The van der Waals surface area contributed by atoms with Crippen molar-refractivity contribution in [2.24, 2.45) is 0 Å². The van der Waals surface area contributed by atoms with E-state index < -0.39 is 6.10 Å². The maximum Gasteiger partial charge on any atom is 0.115 e. The molecule has 0 aromatic carbocycles. The van der Waals surface area contributed by atoms with Crippen molar-refractivity contribution in [2.75, 3.05) is 0 Å². The van der Waals surface area contributed by atoms with Crippen molar-refractivity contribution in [2.45, 2.75) is 38.2 Å². The number of nitrogens with zero attached hydrogens (tertiary/aromatic N) is 2. The highest BCUT2D eigenvalue weighted by Crippen LogP contribution is 2.28. The Labute approximate surface area is 89.9 Å². The molecule has 15 heavy (non-hydrogen) atoms. The van der Waals surface area contributed by atoms with Crippen molar-refractivity contribution < 1.29 is 5.11 Å². The summed E-state index contributed by atoms with van der Waals surface area (Å²) in [6.07, 6.45) is 12.3. The van der Waals surface area contributed by atoms with Crippen LogP contribution in [0.3, 0.4) is 0 Å². The topological polar surface area (TPSA) is 46.0 Å². The fraction of sp³-hybridized carbons (Fsp3) is 0.500. The average molecular weight is 204 g/mol. The first-order valence-electron chi connectivity index (χ1n) is 5.50. The van der Waals surface area contributed by atoms with Gasteiger partial charge in [0.25, 0.3) is 0 Å². The van der Waals surface area contributed by atoms with E-state index in [1.165, 1.54) is 25.6 Å². The van der Waals surface area contributed by atoms with Crippen LogP contribution in [0.2, 0.25) is 0 Å². The summed E-state index contributed by atoms with van der Waals surface area (Å²) in [5.41, 5.74) is 1.92. The minimum Gasteiger partial charge on any atom is -0.384 e. The highest BCUT2D eigenvalue weighted by molar-refractivity contribution is 5.21. The van der Waals surface area contributed by atoms with Gasteiger partial charge < -0.3 is 5.11 Å². The van der Waals surface area contributed by atoms with Crippen molar-refractivity contribution in [3.05, 3.63) is 35.9 Å². The maximum atomic E-state index is 10.1. The van der Waals surface area contributed by atoms with Crippen LogP contribution in [0.5, 0.6) is 0 Å². The third kappa shape index (κ3) is 2.63. The molecule has 0 amide bonds. The van der Waals surface area contributed by atoms with Gasteiger partial charge in [0.15, 0.2) is 0 Å². The molecule has 3 nitrogen and oxygen atoms in total. The van der Waals surface area contributed by atoms with E-state index in [1.807, 2.05) is 0 Å². The molecule has 1 aromatic rings. The molecule has 0 aliphatic heterocycles. The molecule has 1 N–H and O–H groups in total. The Hall–Kier alpha value is -1.22. The first-order valence-corrected chi connectivity index (χ1v) is 5.50. The van der Waals surface area contributed by atoms with E-state index in [2.05, 4.69) is 16.0 Å². The molecule has 1 atom stereocenters. The van der Waals surface area contributed by atoms with Crippen LogP contribution in [0.1, 0.15) is 43.8 Å². The molecule has 2 rings (SSSR count). The predicted octanol–water partition coefficient (Wildman–Crippen LogP) is 2.40. The molecule has 3 heteroatoms. The number of rotatable bonds is 2. The van der Waals surface area contributed by atoms with Gasteiger partial charge in [-0.25, -0.2) is 9.97 Å². The van der Waals surface area contributed by atoms with Crippen LogP contribution in [0.15, 0.2) is 30.4 Å². The zero-order valence-electron chi connectivity index (χ0n) is 8.76. The van der Waals surface area contributed by atoms with Crippen LogP contribution in [0, 0.1) is 0 Å². The lowest BCUT2D eigenvalue weighted by molar-refractivity contribution is 0.210. The van der Waals surface area contributed by atoms with Gasteiger partial charge in [-0.3, -0.25) is 0 Å².